The summed E-state index contributed by atoms with van der Waals surface area (Å²) < 4.78 is 1.72. The van der Waals surface area contributed by atoms with Crippen LogP contribution in [0.3, 0.4) is 0 Å². The van der Waals surface area contributed by atoms with Crippen LogP contribution in [0, 0.1) is 0 Å². The van der Waals surface area contributed by atoms with Gasteiger partial charge in [0.25, 0.3) is 0 Å². The zero-order chi connectivity index (χ0) is 19.6. The summed E-state index contributed by atoms with van der Waals surface area (Å²) >= 11 is 1.62. The number of piperazine rings is 1. The van der Waals surface area contributed by atoms with E-state index in [9.17, 15) is 4.79 Å². The van der Waals surface area contributed by atoms with Crippen molar-refractivity contribution in [3.63, 3.8) is 0 Å². The molecule has 0 unspecified atom stereocenters. The number of anilines is 1. The van der Waals surface area contributed by atoms with Gasteiger partial charge in [0.05, 0.1) is 12.1 Å². The van der Waals surface area contributed by atoms with Crippen molar-refractivity contribution in [1.29, 1.82) is 0 Å². The Balaban J connectivity index is 1.33. The van der Waals surface area contributed by atoms with Gasteiger partial charge in [-0.25, -0.2) is 9.97 Å². The Kier molecular flexibility index (Phi) is 4.65. The molecule has 0 atom stereocenters. The van der Waals surface area contributed by atoms with Crippen molar-refractivity contribution in [3.05, 3.63) is 59.0 Å². The second-order valence-electron chi connectivity index (χ2n) is 6.83. The average Bonchev–Trinajstić information content (AvgIpc) is 3.44. The van der Waals surface area contributed by atoms with Crippen molar-refractivity contribution >= 4 is 34.2 Å². The Labute approximate surface area is 171 Å². The minimum absolute atomic E-state index is 0.176. The first kappa shape index (κ1) is 17.7. The third-order valence-electron chi connectivity index (χ3n) is 5.06. The summed E-state index contributed by atoms with van der Waals surface area (Å²) in [7, 11) is 0. The summed E-state index contributed by atoms with van der Waals surface area (Å²) in [6.45, 7) is 2.76. The van der Waals surface area contributed by atoms with Crippen molar-refractivity contribution in [2.24, 2.45) is 0 Å². The molecule has 5 rings (SSSR count). The van der Waals surface area contributed by atoms with Crippen molar-refractivity contribution in [2.75, 3.05) is 31.1 Å². The summed E-state index contributed by atoms with van der Waals surface area (Å²) in [5.74, 6) is 0.942. The van der Waals surface area contributed by atoms with E-state index in [0.29, 0.717) is 43.8 Å². The molecule has 1 aliphatic rings. The molecule has 1 aromatic carbocycles. The molecule has 0 aliphatic carbocycles. The highest BCUT2D eigenvalue weighted by Crippen LogP contribution is 2.23. The zero-order valence-corrected chi connectivity index (χ0v) is 16.5. The number of thiophene rings is 1. The lowest BCUT2D eigenvalue weighted by molar-refractivity contribution is -0.130. The van der Waals surface area contributed by atoms with E-state index < -0.39 is 0 Å². The van der Waals surface area contributed by atoms with Crippen molar-refractivity contribution < 1.29 is 4.79 Å². The minimum atomic E-state index is 0.176. The molecule has 29 heavy (non-hydrogen) atoms. The quantitative estimate of drug-likeness (QED) is 0.518. The van der Waals surface area contributed by atoms with Gasteiger partial charge in [-0.15, -0.1) is 16.4 Å². The van der Waals surface area contributed by atoms with Crippen LogP contribution in [0.5, 0.6) is 0 Å². The summed E-state index contributed by atoms with van der Waals surface area (Å²) in [5, 5.41) is 10.6. The molecule has 0 bridgehead atoms. The Morgan fingerprint density at radius 1 is 1.00 bits per heavy atom. The average molecular weight is 405 g/mol. The van der Waals surface area contributed by atoms with Crippen LogP contribution in [0.1, 0.15) is 4.88 Å². The van der Waals surface area contributed by atoms with Gasteiger partial charge in [-0.05, 0) is 23.6 Å². The topological polar surface area (TPSA) is 80.0 Å². The van der Waals surface area contributed by atoms with Crippen LogP contribution >= 0.6 is 11.3 Å². The van der Waals surface area contributed by atoms with Gasteiger partial charge in [-0.3, -0.25) is 4.79 Å². The minimum Gasteiger partial charge on any atom is -0.351 e. The number of nitrogens with zero attached hydrogens (tertiary/aromatic N) is 7. The van der Waals surface area contributed by atoms with Gasteiger partial charge in [0, 0.05) is 31.1 Å². The molecule has 3 aromatic heterocycles. The molecule has 0 spiro atoms. The first-order valence-corrected chi connectivity index (χ1v) is 10.3. The second kappa shape index (κ2) is 7.59. The molecule has 1 amide bonds. The Bertz CT molecular complexity index is 1120. The molecule has 0 radical (unpaired) electrons. The van der Waals surface area contributed by atoms with Gasteiger partial charge >= 0.3 is 0 Å². The van der Waals surface area contributed by atoms with E-state index in [-0.39, 0.29) is 5.91 Å². The molecule has 1 saturated heterocycles. The molecule has 8 nitrogen and oxygen atoms in total. The van der Waals surface area contributed by atoms with Crippen molar-refractivity contribution in [1.82, 2.24) is 29.9 Å². The van der Waals surface area contributed by atoms with E-state index in [2.05, 4.69) is 25.2 Å². The van der Waals surface area contributed by atoms with Crippen molar-refractivity contribution in [3.8, 4) is 5.69 Å². The summed E-state index contributed by atoms with van der Waals surface area (Å²) in [6.07, 6.45) is 2.02. The third-order valence-corrected chi connectivity index (χ3v) is 5.93. The van der Waals surface area contributed by atoms with Crippen LogP contribution in [-0.4, -0.2) is 61.9 Å². The Hall–Kier alpha value is -3.33. The highest BCUT2D eigenvalue weighted by atomic mass is 32.1. The van der Waals surface area contributed by atoms with Crippen LogP contribution in [0.4, 0.5) is 5.82 Å². The summed E-state index contributed by atoms with van der Waals surface area (Å²) in [6, 6.07) is 13.8. The lowest BCUT2D eigenvalue weighted by Gasteiger charge is -2.35. The molecule has 1 aliphatic heterocycles. The number of carbonyl (C=O) groups excluding carboxylic acids is 1. The second-order valence-corrected chi connectivity index (χ2v) is 7.86. The van der Waals surface area contributed by atoms with Gasteiger partial charge in [-0.1, -0.05) is 29.5 Å². The van der Waals surface area contributed by atoms with Gasteiger partial charge in [-0.2, -0.15) is 4.68 Å². The fourth-order valence-electron chi connectivity index (χ4n) is 3.55. The molecule has 4 aromatic rings. The molecular weight excluding hydrogens is 386 g/mol. The fourth-order valence-corrected chi connectivity index (χ4v) is 4.25. The normalized spacial score (nSPS) is 14.5. The predicted octanol–water partition coefficient (Wildman–Crippen LogP) is 2.16. The van der Waals surface area contributed by atoms with Gasteiger partial charge in [0.1, 0.15) is 6.33 Å². The molecule has 1 fully saturated rings. The van der Waals surface area contributed by atoms with E-state index in [1.165, 1.54) is 0 Å². The first-order valence-electron chi connectivity index (χ1n) is 9.46. The number of fused-ring (bicyclic) bond motifs is 1. The standard InChI is InChI=1S/C20H19N7OS/c28-17(13-16-7-4-12-29-16)25-8-10-26(11-9-25)19-18-20(22-14-21-19)27(24-23-18)15-5-2-1-3-6-15/h1-7,12,14H,8-11,13H2. The molecule has 0 saturated carbocycles. The van der Waals surface area contributed by atoms with E-state index in [4.69, 9.17) is 0 Å². The van der Waals surface area contributed by atoms with E-state index >= 15 is 0 Å². The zero-order valence-electron chi connectivity index (χ0n) is 15.7. The maximum atomic E-state index is 12.5. The van der Waals surface area contributed by atoms with Crippen LogP contribution in [0.15, 0.2) is 54.2 Å². The van der Waals surface area contributed by atoms with E-state index in [1.807, 2.05) is 52.7 Å². The maximum absolute atomic E-state index is 12.5. The smallest absolute Gasteiger partial charge is 0.227 e. The number of rotatable bonds is 4. The van der Waals surface area contributed by atoms with Gasteiger partial charge < -0.3 is 9.80 Å². The number of para-hydroxylation sites is 1. The SMILES string of the molecule is O=C(Cc1cccs1)N1CCN(c2ncnc3c2nnn3-c2ccccc2)CC1. The number of amides is 1. The first-order chi connectivity index (χ1) is 14.3. The van der Waals surface area contributed by atoms with Crippen LogP contribution in [0.25, 0.3) is 16.9 Å². The number of aromatic nitrogens is 5. The highest BCUT2D eigenvalue weighted by molar-refractivity contribution is 7.10. The maximum Gasteiger partial charge on any atom is 0.227 e. The van der Waals surface area contributed by atoms with Crippen LogP contribution < -0.4 is 4.90 Å². The lowest BCUT2D eigenvalue weighted by atomic mass is 10.2. The van der Waals surface area contributed by atoms with E-state index in [0.717, 1.165) is 16.4 Å². The lowest BCUT2D eigenvalue weighted by Crippen LogP contribution is -2.49. The predicted molar refractivity (Wildman–Crippen MR) is 111 cm³/mol. The Morgan fingerprint density at radius 2 is 1.83 bits per heavy atom. The number of hydrogen-bond acceptors (Lipinski definition) is 7. The monoisotopic (exact) mass is 405 g/mol. The van der Waals surface area contributed by atoms with Crippen LogP contribution in [-0.2, 0) is 11.2 Å². The summed E-state index contributed by atoms with van der Waals surface area (Å²) in [5.41, 5.74) is 2.26. The van der Waals surface area contributed by atoms with Crippen LogP contribution in [0.2, 0.25) is 0 Å². The molecule has 0 N–H and O–H groups in total. The van der Waals surface area contributed by atoms with Gasteiger partial charge in [0.15, 0.2) is 17.0 Å². The third kappa shape index (κ3) is 3.44. The number of carbonyl (C=O) groups is 1. The highest BCUT2D eigenvalue weighted by Gasteiger charge is 2.25. The number of benzene rings is 1. The largest absolute Gasteiger partial charge is 0.351 e. The Morgan fingerprint density at radius 3 is 2.59 bits per heavy atom. The summed E-state index contributed by atoms with van der Waals surface area (Å²) in [4.78, 5) is 26.6. The molecule has 9 heteroatoms. The molecule has 146 valence electrons. The van der Waals surface area contributed by atoms with Crippen molar-refractivity contribution in [2.45, 2.75) is 6.42 Å². The van der Waals surface area contributed by atoms with Gasteiger partial charge in [0.2, 0.25) is 5.91 Å². The fraction of sp³-hybridized carbons (Fsp3) is 0.250. The molecular formula is C20H19N7OS. The molecule has 4 heterocycles. The number of hydrogen-bond donors (Lipinski definition) is 0. The van der Waals surface area contributed by atoms with E-state index in [1.54, 1.807) is 22.3 Å².